The van der Waals surface area contributed by atoms with Gasteiger partial charge >= 0.3 is 0 Å². The van der Waals surface area contributed by atoms with Crippen molar-refractivity contribution >= 4 is 29.0 Å². The third-order valence-corrected chi connectivity index (χ3v) is 4.62. The van der Waals surface area contributed by atoms with Gasteiger partial charge in [0.25, 0.3) is 5.91 Å². The molecule has 0 spiro atoms. The van der Waals surface area contributed by atoms with Crippen molar-refractivity contribution in [2.45, 2.75) is 13.5 Å². The lowest BCUT2D eigenvalue weighted by atomic mass is 10.2. The topological polar surface area (TPSA) is 72.5 Å². The summed E-state index contributed by atoms with van der Waals surface area (Å²) < 4.78 is 10.7. The number of hydrogen-bond acceptors (Lipinski definition) is 5. The summed E-state index contributed by atoms with van der Waals surface area (Å²) >= 11 is 6.00. The molecule has 1 aliphatic rings. The number of carbonyl (C=O) groups is 1. The van der Waals surface area contributed by atoms with Crippen LogP contribution in [0.4, 0.5) is 11.5 Å². The standard InChI is InChI=1S/C21H18ClN3O3/c1-13-2-5-16(22)9-17(13)25-21(26)15-4-7-20(24-11-15)23-10-14-3-6-18-19(8-14)28-12-27-18/h2-9,11H,10,12H2,1H3,(H,23,24)(H,25,26). The molecule has 28 heavy (non-hydrogen) atoms. The minimum Gasteiger partial charge on any atom is -0.454 e. The van der Waals surface area contributed by atoms with Crippen LogP contribution in [0.1, 0.15) is 21.5 Å². The van der Waals surface area contributed by atoms with Gasteiger partial charge in [0.2, 0.25) is 6.79 Å². The van der Waals surface area contributed by atoms with Gasteiger partial charge in [-0.15, -0.1) is 0 Å². The number of aromatic nitrogens is 1. The molecule has 2 aromatic carbocycles. The predicted octanol–water partition coefficient (Wildman–Crippen LogP) is 4.64. The molecule has 7 heteroatoms. The number of anilines is 2. The average molecular weight is 396 g/mol. The number of nitrogens with zero attached hydrogens (tertiary/aromatic N) is 1. The van der Waals surface area contributed by atoms with Crippen molar-refractivity contribution in [1.29, 1.82) is 0 Å². The summed E-state index contributed by atoms with van der Waals surface area (Å²) in [5.41, 5.74) is 3.13. The number of benzene rings is 2. The van der Waals surface area contributed by atoms with Gasteiger partial charge in [0, 0.05) is 23.5 Å². The van der Waals surface area contributed by atoms with Gasteiger partial charge < -0.3 is 20.1 Å². The molecule has 2 N–H and O–H groups in total. The number of nitrogens with one attached hydrogen (secondary N) is 2. The van der Waals surface area contributed by atoms with Crippen molar-refractivity contribution in [2.75, 3.05) is 17.4 Å². The second-order valence-corrected chi connectivity index (χ2v) is 6.82. The number of halogens is 1. The third kappa shape index (κ3) is 4.02. The number of carbonyl (C=O) groups excluding carboxylic acids is 1. The maximum absolute atomic E-state index is 12.4. The van der Waals surface area contributed by atoms with Crippen molar-refractivity contribution in [2.24, 2.45) is 0 Å². The number of amides is 1. The predicted molar refractivity (Wildman–Crippen MR) is 108 cm³/mol. The van der Waals surface area contributed by atoms with E-state index in [1.54, 1.807) is 24.3 Å². The molecular weight excluding hydrogens is 378 g/mol. The van der Waals surface area contributed by atoms with Gasteiger partial charge in [-0.3, -0.25) is 4.79 Å². The monoisotopic (exact) mass is 395 g/mol. The van der Waals surface area contributed by atoms with E-state index in [1.165, 1.54) is 6.20 Å². The zero-order valence-electron chi connectivity index (χ0n) is 15.2. The number of ether oxygens (including phenoxy) is 2. The maximum atomic E-state index is 12.4. The molecule has 4 rings (SSSR count). The number of rotatable bonds is 5. The molecule has 2 heterocycles. The van der Waals surface area contributed by atoms with Gasteiger partial charge in [0.15, 0.2) is 11.5 Å². The lowest BCUT2D eigenvalue weighted by Crippen LogP contribution is -2.13. The van der Waals surface area contributed by atoms with E-state index in [0.717, 1.165) is 22.6 Å². The summed E-state index contributed by atoms with van der Waals surface area (Å²) in [6.45, 7) is 2.75. The molecular formula is C21H18ClN3O3. The summed E-state index contributed by atoms with van der Waals surface area (Å²) in [6, 6.07) is 14.7. The summed E-state index contributed by atoms with van der Waals surface area (Å²) in [5.74, 6) is 1.94. The molecule has 3 aromatic rings. The smallest absolute Gasteiger partial charge is 0.257 e. The molecule has 0 aliphatic carbocycles. The second kappa shape index (κ2) is 7.78. The Morgan fingerprint density at radius 3 is 2.79 bits per heavy atom. The number of fused-ring (bicyclic) bond motifs is 1. The first-order chi connectivity index (χ1) is 13.6. The van der Waals surface area contributed by atoms with Crippen molar-refractivity contribution < 1.29 is 14.3 Å². The Bertz CT molecular complexity index is 1020. The van der Waals surface area contributed by atoms with Gasteiger partial charge in [-0.1, -0.05) is 23.7 Å². The molecule has 0 bridgehead atoms. The Hall–Kier alpha value is -3.25. The highest BCUT2D eigenvalue weighted by atomic mass is 35.5. The van der Waals surface area contributed by atoms with Crippen LogP contribution >= 0.6 is 11.6 Å². The van der Waals surface area contributed by atoms with E-state index in [0.29, 0.717) is 28.6 Å². The normalized spacial score (nSPS) is 11.9. The van der Waals surface area contributed by atoms with E-state index in [9.17, 15) is 4.79 Å². The molecule has 0 unspecified atom stereocenters. The van der Waals surface area contributed by atoms with Crippen LogP contribution < -0.4 is 20.1 Å². The second-order valence-electron chi connectivity index (χ2n) is 6.39. The van der Waals surface area contributed by atoms with Gasteiger partial charge in [0.1, 0.15) is 5.82 Å². The van der Waals surface area contributed by atoms with E-state index >= 15 is 0 Å². The molecule has 0 radical (unpaired) electrons. The van der Waals surface area contributed by atoms with Crippen LogP contribution in [0.2, 0.25) is 5.02 Å². The van der Waals surface area contributed by atoms with Crippen LogP contribution in [0.25, 0.3) is 0 Å². The molecule has 0 atom stereocenters. The van der Waals surface area contributed by atoms with E-state index in [1.807, 2.05) is 31.2 Å². The van der Waals surface area contributed by atoms with Crippen LogP contribution in [0.5, 0.6) is 11.5 Å². The molecule has 0 saturated heterocycles. The summed E-state index contributed by atoms with van der Waals surface area (Å²) in [4.78, 5) is 16.8. The molecule has 0 saturated carbocycles. The number of aryl methyl sites for hydroxylation is 1. The Labute approximate surface area is 167 Å². The molecule has 0 fully saturated rings. The van der Waals surface area contributed by atoms with Crippen LogP contribution in [-0.4, -0.2) is 17.7 Å². The third-order valence-electron chi connectivity index (χ3n) is 4.38. The number of pyridine rings is 1. The highest BCUT2D eigenvalue weighted by molar-refractivity contribution is 6.31. The SMILES string of the molecule is Cc1ccc(Cl)cc1NC(=O)c1ccc(NCc2ccc3c(c2)OCO3)nc1. The molecule has 6 nitrogen and oxygen atoms in total. The molecule has 1 aromatic heterocycles. The van der Waals surface area contributed by atoms with Gasteiger partial charge in [-0.25, -0.2) is 4.98 Å². The van der Waals surface area contributed by atoms with Crippen molar-refractivity contribution in [3.63, 3.8) is 0 Å². The minimum absolute atomic E-state index is 0.236. The van der Waals surface area contributed by atoms with Crippen LogP contribution in [0.15, 0.2) is 54.7 Å². The maximum Gasteiger partial charge on any atom is 0.257 e. The Morgan fingerprint density at radius 2 is 1.96 bits per heavy atom. The summed E-state index contributed by atoms with van der Waals surface area (Å²) in [7, 11) is 0. The van der Waals surface area contributed by atoms with Crippen LogP contribution in [-0.2, 0) is 6.54 Å². The Morgan fingerprint density at radius 1 is 1.11 bits per heavy atom. The lowest BCUT2D eigenvalue weighted by molar-refractivity contribution is 0.102. The average Bonchev–Trinajstić information content (AvgIpc) is 3.17. The first kappa shape index (κ1) is 18.1. The van der Waals surface area contributed by atoms with Crippen LogP contribution in [0.3, 0.4) is 0 Å². The lowest BCUT2D eigenvalue weighted by Gasteiger charge is -2.10. The fourth-order valence-electron chi connectivity index (χ4n) is 2.80. The first-order valence-electron chi connectivity index (χ1n) is 8.74. The van der Waals surface area contributed by atoms with Gasteiger partial charge in [-0.05, 0) is 54.4 Å². The Kier molecular flexibility index (Phi) is 5.04. The fraction of sp³-hybridized carbons (Fsp3) is 0.143. The van der Waals surface area contributed by atoms with Gasteiger partial charge in [-0.2, -0.15) is 0 Å². The largest absolute Gasteiger partial charge is 0.454 e. The first-order valence-corrected chi connectivity index (χ1v) is 9.12. The molecule has 1 amide bonds. The van der Waals surface area contributed by atoms with Crippen molar-refractivity contribution in [3.8, 4) is 11.5 Å². The quantitative estimate of drug-likeness (QED) is 0.658. The fourth-order valence-corrected chi connectivity index (χ4v) is 2.97. The zero-order valence-corrected chi connectivity index (χ0v) is 15.9. The minimum atomic E-state index is -0.236. The Balaban J connectivity index is 1.38. The highest BCUT2D eigenvalue weighted by Crippen LogP contribution is 2.32. The van der Waals surface area contributed by atoms with Gasteiger partial charge in [0.05, 0.1) is 5.56 Å². The highest BCUT2D eigenvalue weighted by Gasteiger charge is 2.13. The molecule has 1 aliphatic heterocycles. The van der Waals surface area contributed by atoms with Crippen LogP contribution in [0, 0.1) is 6.92 Å². The van der Waals surface area contributed by atoms with E-state index in [4.69, 9.17) is 21.1 Å². The van der Waals surface area contributed by atoms with E-state index in [-0.39, 0.29) is 12.7 Å². The van der Waals surface area contributed by atoms with E-state index < -0.39 is 0 Å². The van der Waals surface area contributed by atoms with Crippen molar-refractivity contribution in [3.05, 3.63) is 76.4 Å². The zero-order chi connectivity index (χ0) is 19.5. The van der Waals surface area contributed by atoms with E-state index in [2.05, 4.69) is 15.6 Å². The van der Waals surface area contributed by atoms with Crippen molar-refractivity contribution in [1.82, 2.24) is 4.98 Å². The summed E-state index contributed by atoms with van der Waals surface area (Å²) in [6.07, 6.45) is 1.54. The molecule has 142 valence electrons. The number of hydrogen-bond donors (Lipinski definition) is 2. The summed E-state index contributed by atoms with van der Waals surface area (Å²) in [5, 5.41) is 6.66.